The van der Waals surface area contributed by atoms with Crippen LogP contribution >= 0.6 is 23.2 Å². The van der Waals surface area contributed by atoms with E-state index in [-0.39, 0.29) is 12.0 Å². The zero-order valence-electron chi connectivity index (χ0n) is 18.1. The van der Waals surface area contributed by atoms with Gasteiger partial charge in [0.1, 0.15) is 11.6 Å². The van der Waals surface area contributed by atoms with Crippen LogP contribution in [0.3, 0.4) is 0 Å². The molecule has 0 saturated carbocycles. The molecule has 0 unspecified atom stereocenters. The molecule has 1 saturated heterocycles. The van der Waals surface area contributed by atoms with Crippen molar-refractivity contribution in [3.63, 3.8) is 0 Å². The quantitative estimate of drug-likeness (QED) is 0.370. The van der Waals surface area contributed by atoms with E-state index in [1.54, 1.807) is 6.07 Å². The first-order valence-electron chi connectivity index (χ1n) is 10.9. The molecular weight excluding hydrogens is 446 g/mol. The summed E-state index contributed by atoms with van der Waals surface area (Å²) < 4.78 is 19.2. The van der Waals surface area contributed by atoms with Crippen molar-refractivity contribution in [1.29, 1.82) is 0 Å². The zero-order chi connectivity index (χ0) is 22.5. The molecule has 0 N–H and O–H groups in total. The van der Waals surface area contributed by atoms with Crippen LogP contribution in [0, 0.1) is 5.82 Å². The predicted octanol–water partition coefficient (Wildman–Crippen LogP) is 6.94. The van der Waals surface area contributed by atoms with Gasteiger partial charge in [-0.2, -0.15) is 0 Å². The van der Waals surface area contributed by atoms with Crippen LogP contribution in [-0.2, 0) is 13.1 Å². The van der Waals surface area contributed by atoms with Crippen LogP contribution in [-0.4, -0.2) is 29.5 Å². The highest BCUT2D eigenvalue weighted by Gasteiger charge is 2.32. The van der Waals surface area contributed by atoms with Crippen molar-refractivity contribution in [1.82, 2.24) is 9.80 Å². The third-order valence-corrected chi connectivity index (χ3v) is 6.47. The SMILES string of the molecule is CCOc1ccc(CN2CCCN(Cc3ccc(F)cc3Cl)[C@@H]2c2ccccc2Cl)cc1. The Labute approximate surface area is 199 Å². The lowest BCUT2D eigenvalue weighted by Gasteiger charge is -2.44. The third-order valence-electron chi connectivity index (χ3n) is 5.77. The van der Waals surface area contributed by atoms with Gasteiger partial charge in [-0.3, -0.25) is 9.80 Å². The summed E-state index contributed by atoms with van der Waals surface area (Å²) in [6.07, 6.45) is 1.02. The average Bonchev–Trinajstić information content (AvgIpc) is 2.78. The number of ether oxygens (including phenoxy) is 1. The van der Waals surface area contributed by atoms with Crippen LogP contribution in [0.15, 0.2) is 66.7 Å². The van der Waals surface area contributed by atoms with Gasteiger partial charge >= 0.3 is 0 Å². The Morgan fingerprint density at radius 1 is 0.906 bits per heavy atom. The summed E-state index contributed by atoms with van der Waals surface area (Å²) in [7, 11) is 0. The molecule has 0 aromatic heterocycles. The largest absolute Gasteiger partial charge is 0.494 e. The summed E-state index contributed by atoms with van der Waals surface area (Å²) in [4.78, 5) is 4.82. The summed E-state index contributed by atoms with van der Waals surface area (Å²) >= 11 is 13.0. The van der Waals surface area contributed by atoms with Crippen molar-refractivity contribution in [3.05, 3.63) is 99.3 Å². The Morgan fingerprint density at radius 3 is 2.31 bits per heavy atom. The smallest absolute Gasteiger partial charge is 0.124 e. The van der Waals surface area contributed by atoms with E-state index in [0.29, 0.717) is 18.2 Å². The molecular formula is C26H27Cl2FN2O. The van der Waals surface area contributed by atoms with Crippen molar-refractivity contribution in [2.24, 2.45) is 0 Å². The summed E-state index contributed by atoms with van der Waals surface area (Å²) in [5.74, 6) is 0.558. The molecule has 3 nitrogen and oxygen atoms in total. The standard InChI is InChI=1S/C26H27Cl2FN2O/c1-2-32-22-12-8-19(9-13-22)17-30-14-5-15-31(18-20-10-11-21(29)16-25(20)28)26(30)23-6-3-4-7-24(23)27/h3-4,6-13,16,26H,2,5,14-15,17-18H2,1H3/t26-/m1/s1. The van der Waals surface area contributed by atoms with Crippen molar-refractivity contribution in [2.75, 3.05) is 19.7 Å². The van der Waals surface area contributed by atoms with Crippen molar-refractivity contribution >= 4 is 23.2 Å². The van der Waals surface area contributed by atoms with Crippen molar-refractivity contribution in [3.8, 4) is 5.75 Å². The molecule has 1 aliphatic rings. The highest BCUT2D eigenvalue weighted by atomic mass is 35.5. The summed E-state index contributed by atoms with van der Waals surface area (Å²) in [6, 6.07) is 20.9. The Bertz CT molecular complexity index is 1040. The lowest BCUT2D eigenvalue weighted by Crippen LogP contribution is -2.47. The first kappa shape index (κ1) is 23.1. The summed E-state index contributed by atoms with van der Waals surface area (Å²) in [5.41, 5.74) is 3.19. The fraction of sp³-hybridized carbons (Fsp3) is 0.308. The van der Waals surface area contributed by atoms with E-state index >= 15 is 0 Å². The van der Waals surface area contributed by atoms with Gasteiger partial charge in [0.05, 0.1) is 12.8 Å². The third kappa shape index (κ3) is 5.44. The van der Waals surface area contributed by atoms with E-state index < -0.39 is 0 Å². The average molecular weight is 473 g/mol. The van der Waals surface area contributed by atoms with Gasteiger partial charge in [0, 0.05) is 41.8 Å². The fourth-order valence-electron chi connectivity index (χ4n) is 4.32. The minimum absolute atomic E-state index is 0.00913. The number of nitrogens with zero attached hydrogens (tertiary/aromatic N) is 2. The van der Waals surface area contributed by atoms with Gasteiger partial charge in [0.15, 0.2) is 0 Å². The second-order valence-electron chi connectivity index (χ2n) is 8.00. The summed E-state index contributed by atoms with van der Waals surface area (Å²) in [6.45, 7) is 5.91. The Morgan fingerprint density at radius 2 is 1.62 bits per heavy atom. The highest BCUT2D eigenvalue weighted by Crippen LogP contribution is 2.36. The van der Waals surface area contributed by atoms with Gasteiger partial charge in [-0.05, 0) is 54.8 Å². The second-order valence-corrected chi connectivity index (χ2v) is 8.82. The van der Waals surface area contributed by atoms with E-state index in [9.17, 15) is 4.39 Å². The first-order valence-corrected chi connectivity index (χ1v) is 11.7. The van der Waals surface area contributed by atoms with Gasteiger partial charge in [-0.25, -0.2) is 4.39 Å². The van der Waals surface area contributed by atoms with Crippen molar-refractivity contribution in [2.45, 2.75) is 32.6 Å². The molecule has 1 heterocycles. The fourth-order valence-corrected chi connectivity index (χ4v) is 4.78. The molecule has 6 heteroatoms. The molecule has 168 valence electrons. The van der Waals surface area contributed by atoms with E-state index in [2.05, 4.69) is 28.0 Å². The maximum atomic E-state index is 13.6. The van der Waals surface area contributed by atoms with Crippen LogP contribution < -0.4 is 4.74 Å². The van der Waals surface area contributed by atoms with E-state index in [4.69, 9.17) is 27.9 Å². The predicted molar refractivity (Wildman–Crippen MR) is 129 cm³/mol. The highest BCUT2D eigenvalue weighted by molar-refractivity contribution is 6.31. The summed E-state index contributed by atoms with van der Waals surface area (Å²) in [5, 5.41) is 1.19. The Kier molecular flexibility index (Phi) is 7.69. The minimum atomic E-state index is -0.322. The monoisotopic (exact) mass is 472 g/mol. The van der Waals surface area contributed by atoms with Gasteiger partial charge in [0.2, 0.25) is 0 Å². The van der Waals surface area contributed by atoms with Crippen LogP contribution in [0.4, 0.5) is 4.39 Å². The Balaban J connectivity index is 1.63. The molecule has 0 spiro atoms. The molecule has 0 aliphatic carbocycles. The number of benzene rings is 3. The van der Waals surface area contributed by atoms with Gasteiger partial charge < -0.3 is 4.74 Å². The number of hydrogen-bond donors (Lipinski definition) is 0. The van der Waals surface area contributed by atoms with Crippen LogP contribution in [0.25, 0.3) is 0 Å². The molecule has 0 bridgehead atoms. The van der Waals surface area contributed by atoms with Crippen LogP contribution in [0.1, 0.15) is 36.2 Å². The van der Waals surface area contributed by atoms with Gasteiger partial charge in [0.25, 0.3) is 0 Å². The second kappa shape index (κ2) is 10.7. The normalized spacial score (nSPS) is 17.4. The molecule has 1 atom stereocenters. The number of hydrogen-bond acceptors (Lipinski definition) is 3. The molecule has 4 rings (SSSR count). The molecule has 32 heavy (non-hydrogen) atoms. The lowest BCUT2D eigenvalue weighted by atomic mass is 10.0. The molecule has 0 radical (unpaired) electrons. The number of rotatable bonds is 7. The zero-order valence-corrected chi connectivity index (χ0v) is 19.6. The number of halogens is 3. The Hall–Kier alpha value is -2.11. The van der Waals surface area contributed by atoms with E-state index in [0.717, 1.165) is 48.0 Å². The lowest BCUT2D eigenvalue weighted by molar-refractivity contribution is -0.00902. The first-order chi connectivity index (χ1) is 15.5. The van der Waals surface area contributed by atoms with Crippen LogP contribution in [0.5, 0.6) is 5.75 Å². The molecule has 0 amide bonds. The topological polar surface area (TPSA) is 15.7 Å². The maximum absolute atomic E-state index is 13.6. The van der Waals surface area contributed by atoms with E-state index in [1.165, 1.54) is 17.7 Å². The molecule has 1 fully saturated rings. The van der Waals surface area contributed by atoms with Gasteiger partial charge in [-0.1, -0.05) is 59.6 Å². The van der Waals surface area contributed by atoms with Crippen LogP contribution in [0.2, 0.25) is 10.0 Å². The van der Waals surface area contributed by atoms with Crippen molar-refractivity contribution < 1.29 is 9.13 Å². The van der Waals surface area contributed by atoms with Gasteiger partial charge in [-0.15, -0.1) is 0 Å². The molecule has 3 aromatic carbocycles. The molecule has 3 aromatic rings. The maximum Gasteiger partial charge on any atom is 0.124 e. The minimum Gasteiger partial charge on any atom is -0.494 e. The molecule has 1 aliphatic heterocycles. The van der Waals surface area contributed by atoms with E-state index in [1.807, 2.05) is 37.3 Å².